The number of hydrogen-bond donors (Lipinski definition) is 1. The average molecular weight is 301 g/mol. The molecule has 2 N–H and O–H groups in total. The van der Waals surface area contributed by atoms with E-state index in [9.17, 15) is 13.2 Å². The Kier molecular flexibility index (Phi) is 4.78. The molecule has 1 atom stereocenters. The van der Waals surface area contributed by atoms with Crippen molar-refractivity contribution in [3.63, 3.8) is 0 Å². The zero-order valence-electron chi connectivity index (χ0n) is 12.5. The first-order valence-corrected chi connectivity index (χ1v) is 7.14. The quantitative estimate of drug-likeness (QED) is 0.928. The summed E-state index contributed by atoms with van der Waals surface area (Å²) in [5.74, 6) is 0. The highest BCUT2D eigenvalue weighted by Gasteiger charge is 2.34. The second kappa shape index (κ2) is 6.23. The molecular weight excluding hydrogens is 279 g/mol. The van der Waals surface area contributed by atoms with Gasteiger partial charge in [0, 0.05) is 31.4 Å². The van der Waals surface area contributed by atoms with Gasteiger partial charge in [-0.15, -0.1) is 0 Å². The number of benzene rings is 1. The Hall–Kier alpha value is -1.27. The first kappa shape index (κ1) is 16.1. The molecule has 0 saturated carbocycles. The highest BCUT2D eigenvalue weighted by Crippen LogP contribution is 2.36. The van der Waals surface area contributed by atoms with Gasteiger partial charge in [0.25, 0.3) is 0 Å². The van der Waals surface area contributed by atoms with E-state index in [4.69, 9.17) is 5.73 Å². The lowest BCUT2D eigenvalue weighted by molar-refractivity contribution is -0.138. The fourth-order valence-electron chi connectivity index (χ4n) is 2.97. The van der Waals surface area contributed by atoms with Crippen molar-refractivity contribution in [2.24, 2.45) is 5.73 Å². The van der Waals surface area contributed by atoms with Crippen LogP contribution in [0.2, 0.25) is 0 Å². The Morgan fingerprint density at radius 1 is 1.33 bits per heavy atom. The number of likely N-dealkylation sites (N-methyl/N-ethyl adjacent to an activating group) is 1. The minimum absolute atomic E-state index is 0.101. The molecule has 0 amide bonds. The predicted octanol–water partition coefficient (Wildman–Crippen LogP) is 2.69. The minimum Gasteiger partial charge on any atom is -0.367 e. The van der Waals surface area contributed by atoms with Crippen molar-refractivity contribution in [2.75, 3.05) is 32.1 Å². The van der Waals surface area contributed by atoms with Crippen LogP contribution in [0.25, 0.3) is 0 Å². The number of nitrogens with two attached hydrogens (primary N) is 1. The molecule has 0 bridgehead atoms. The number of hydrogen-bond acceptors (Lipinski definition) is 3. The topological polar surface area (TPSA) is 32.5 Å². The molecule has 21 heavy (non-hydrogen) atoms. The molecule has 3 nitrogen and oxygen atoms in total. The lowest BCUT2D eigenvalue weighted by Gasteiger charge is -2.30. The maximum absolute atomic E-state index is 13.1. The van der Waals surface area contributed by atoms with E-state index >= 15 is 0 Å². The molecule has 0 aliphatic carbocycles. The van der Waals surface area contributed by atoms with Crippen molar-refractivity contribution in [3.8, 4) is 0 Å². The van der Waals surface area contributed by atoms with Crippen molar-refractivity contribution in [3.05, 3.63) is 29.3 Å². The first-order chi connectivity index (χ1) is 9.82. The second-order valence-corrected chi connectivity index (χ2v) is 5.80. The fourth-order valence-corrected chi connectivity index (χ4v) is 2.97. The van der Waals surface area contributed by atoms with Crippen molar-refractivity contribution in [1.29, 1.82) is 0 Å². The molecular formula is C15H22F3N3. The van der Waals surface area contributed by atoms with E-state index in [2.05, 4.69) is 9.80 Å². The van der Waals surface area contributed by atoms with Gasteiger partial charge < -0.3 is 15.5 Å². The van der Waals surface area contributed by atoms with Gasteiger partial charge in [0.05, 0.1) is 5.56 Å². The number of rotatable bonds is 4. The Balaban J connectivity index is 2.31. The molecule has 1 aliphatic rings. The SMILES string of the molecule is CN(C)CC1CCCN1c1ccc(CN)c(C(F)(F)F)c1. The summed E-state index contributed by atoms with van der Waals surface area (Å²) in [6.45, 7) is 1.55. The second-order valence-electron chi connectivity index (χ2n) is 5.80. The van der Waals surface area contributed by atoms with Gasteiger partial charge in [-0.2, -0.15) is 13.2 Å². The summed E-state index contributed by atoms with van der Waals surface area (Å²) in [6, 6.07) is 4.77. The van der Waals surface area contributed by atoms with Crippen molar-refractivity contribution < 1.29 is 13.2 Å². The summed E-state index contributed by atoms with van der Waals surface area (Å²) >= 11 is 0. The number of alkyl halides is 3. The Morgan fingerprint density at radius 2 is 2.05 bits per heavy atom. The molecule has 118 valence electrons. The molecule has 1 fully saturated rings. The molecule has 0 radical (unpaired) electrons. The molecule has 1 heterocycles. The van der Waals surface area contributed by atoms with Crippen LogP contribution in [0, 0.1) is 0 Å². The van der Waals surface area contributed by atoms with E-state index in [0.717, 1.165) is 25.9 Å². The maximum Gasteiger partial charge on any atom is 0.416 e. The Labute approximate surface area is 123 Å². The third-order valence-electron chi connectivity index (χ3n) is 3.90. The molecule has 0 aromatic heterocycles. The third kappa shape index (κ3) is 3.68. The minimum atomic E-state index is -4.36. The van der Waals surface area contributed by atoms with Crippen LogP contribution in [0.3, 0.4) is 0 Å². The molecule has 1 aromatic carbocycles. The van der Waals surface area contributed by atoms with Crippen LogP contribution in [0.4, 0.5) is 18.9 Å². The molecule has 1 saturated heterocycles. The van der Waals surface area contributed by atoms with E-state index in [0.29, 0.717) is 5.69 Å². The van der Waals surface area contributed by atoms with Crippen molar-refractivity contribution in [1.82, 2.24) is 4.90 Å². The van der Waals surface area contributed by atoms with Crippen LogP contribution in [-0.4, -0.2) is 38.1 Å². The van der Waals surface area contributed by atoms with E-state index in [1.165, 1.54) is 12.1 Å². The summed E-state index contributed by atoms with van der Waals surface area (Å²) in [5, 5.41) is 0. The molecule has 1 unspecified atom stereocenters. The first-order valence-electron chi connectivity index (χ1n) is 7.14. The van der Waals surface area contributed by atoms with Gasteiger partial charge in [-0.1, -0.05) is 6.07 Å². The van der Waals surface area contributed by atoms with Crippen molar-refractivity contribution in [2.45, 2.75) is 31.6 Å². The van der Waals surface area contributed by atoms with Gasteiger partial charge in [-0.25, -0.2) is 0 Å². The molecule has 1 aliphatic heterocycles. The molecule has 0 spiro atoms. The smallest absolute Gasteiger partial charge is 0.367 e. The van der Waals surface area contributed by atoms with Crippen LogP contribution in [0.1, 0.15) is 24.0 Å². The van der Waals surface area contributed by atoms with Crippen LogP contribution in [0.5, 0.6) is 0 Å². The van der Waals surface area contributed by atoms with E-state index in [1.807, 2.05) is 14.1 Å². The summed E-state index contributed by atoms with van der Waals surface area (Å²) < 4.78 is 39.4. The normalized spacial score (nSPS) is 19.6. The van der Waals surface area contributed by atoms with Gasteiger partial charge in [-0.05, 0) is 44.6 Å². The van der Waals surface area contributed by atoms with Crippen LogP contribution >= 0.6 is 0 Å². The summed E-state index contributed by atoms with van der Waals surface area (Å²) in [7, 11) is 3.96. The monoisotopic (exact) mass is 301 g/mol. The van der Waals surface area contributed by atoms with Gasteiger partial charge in [0.1, 0.15) is 0 Å². The predicted molar refractivity (Wildman–Crippen MR) is 78.3 cm³/mol. The average Bonchev–Trinajstić information content (AvgIpc) is 2.84. The van der Waals surface area contributed by atoms with Crippen molar-refractivity contribution >= 4 is 5.69 Å². The molecule has 2 rings (SSSR count). The van der Waals surface area contributed by atoms with E-state index in [1.54, 1.807) is 6.07 Å². The van der Waals surface area contributed by atoms with E-state index in [-0.39, 0.29) is 18.2 Å². The van der Waals surface area contributed by atoms with E-state index < -0.39 is 11.7 Å². The molecule has 6 heteroatoms. The summed E-state index contributed by atoms with van der Waals surface area (Å²) in [6.07, 6.45) is -2.34. The van der Waals surface area contributed by atoms with Gasteiger partial charge in [-0.3, -0.25) is 0 Å². The third-order valence-corrected chi connectivity index (χ3v) is 3.90. The molecule has 1 aromatic rings. The largest absolute Gasteiger partial charge is 0.416 e. The lowest BCUT2D eigenvalue weighted by Crippen LogP contribution is -2.37. The van der Waals surface area contributed by atoms with Crippen LogP contribution < -0.4 is 10.6 Å². The van der Waals surface area contributed by atoms with Gasteiger partial charge in [0.15, 0.2) is 0 Å². The Bertz CT molecular complexity index is 486. The lowest BCUT2D eigenvalue weighted by atomic mass is 10.0. The standard InChI is InChI=1S/C15H22F3N3/c1-20(2)10-13-4-3-7-21(13)12-6-5-11(9-19)14(8-12)15(16,17)18/h5-6,8,13H,3-4,7,9-10,19H2,1-2H3. The van der Waals surface area contributed by atoms with Crippen LogP contribution in [-0.2, 0) is 12.7 Å². The highest BCUT2D eigenvalue weighted by molar-refractivity contribution is 5.53. The zero-order valence-corrected chi connectivity index (χ0v) is 12.5. The van der Waals surface area contributed by atoms with Crippen LogP contribution in [0.15, 0.2) is 18.2 Å². The highest BCUT2D eigenvalue weighted by atomic mass is 19.4. The zero-order chi connectivity index (χ0) is 15.6. The maximum atomic E-state index is 13.1. The van der Waals surface area contributed by atoms with Gasteiger partial charge >= 0.3 is 6.18 Å². The summed E-state index contributed by atoms with van der Waals surface area (Å²) in [5.41, 5.74) is 5.60. The fraction of sp³-hybridized carbons (Fsp3) is 0.600. The Morgan fingerprint density at radius 3 is 2.62 bits per heavy atom. The summed E-state index contributed by atoms with van der Waals surface area (Å²) in [4.78, 5) is 4.15. The number of nitrogens with zero attached hydrogens (tertiary/aromatic N) is 2. The van der Waals surface area contributed by atoms with Gasteiger partial charge in [0.2, 0.25) is 0 Å². The number of anilines is 1. The number of halogens is 3.